The molecule has 1 saturated heterocycles. The molecule has 0 bridgehead atoms. The van der Waals surface area contributed by atoms with Crippen LogP contribution in [0, 0.1) is 0 Å². The molecule has 1 heterocycles. The van der Waals surface area contributed by atoms with Gasteiger partial charge in [-0.3, -0.25) is 0 Å². The Morgan fingerprint density at radius 1 is 1.08 bits per heavy atom. The van der Waals surface area contributed by atoms with Gasteiger partial charge >= 0.3 is 0 Å². The maximum absolute atomic E-state index is 9.26. The minimum atomic E-state index is 0.101. The second kappa shape index (κ2) is 8.15. The molecule has 5 heteroatoms. The Bertz CT molecular complexity index is 642. The molecular formula is C19H25N3O2. The SMILES string of the molecule is Nc1ccc(N(Cc2ccccc2)N2CCOCC2)cc1CCO. The van der Waals surface area contributed by atoms with E-state index in [4.69, 9.17) is 10.5 Å². The van der Waals surface area contributed by atoms with Gasteiger partial charge in [-0.1, -0.05) is 30.3 Å². The van der Waals surface area contributed by atoms with Crippen molar-refractivity contribution in [3.63, 3.8) is 0 Å². The number of nitrogens with two attached hydrogens (primary N) is 1. The summed E-state index contributed by atoms with van der Waals surface area (Å²) in [4.78, 5) is 0. The van der Waals surface area contributed by atoms with Gasteiger partial charge in [0.05, 0.1) is 25.4 Å². The van der Waals surface area contributed by atoms with E-state index >= 15 is 0 Å². The summed E-state index contributed by atoms with van der Waals surface area (Å²) in [6, 6.07) is 16.5. The Morgan fingerprint density at radius 2 is 1.83 bits per heavy atom. The summed E-state index contributed by atoms with van der Waals surface area (Å²) in [7, 11) is 0. The highest BCUT2D eigenvalue weighted by Crippen LogP contribution is 2.25. The standard InChI is InChI=1S/C19H25N3O2/c20-19-7-6-18(14-17(19)8-11-23)22(21-9-12-24-13-10-21)15-16-4-2-1-3-5-16/h1-7,14,23H,8-13,15,20H2. The number of ether oxygens (including phenoxy) is 1. The summed E-state index contributed by atoms with van der Waals surface area (Å²) in [5.41, 5.74) is 10.1. The fourth-order valence-electron chi connectivity index (χ4n) is 3.00. The molecule has 5 nitrogen and oxygen atoms in total. The number of benzene rings is 2. The van der Waals surface area contributed by atoms with E-state index in [1.54, 1.807) is 0 Å². The lowest BCUT2D eigenvalue weighted by Crippen LogP contribution is -2.48. The number of hydrogen-bond donors (Lipinski definition) is 2. The Balaban J connectivity index is 1.89. The summed E-state index contributed by atoms with van der Waals surface area (Å²) in [6.45, 7) is 4.11. The largest absolute Gasteiger partial charge is 0.399 e. The predicted molar refractivity (Wildman–Crippen MR) is 96.7 cm³/mol. The second-order valence-corrected chi connectivity index (χ2v) is 5.97. The van der Waals surface area contributed by atoms with Crippen molar-refractivity contribution >= 4 is 11.4 Å². The molecule has 2 aromatic rings. The lowest BCUT2D eigenvalue weighted by Gasteiger charge is -2.39. The number of hydrazine groups is 1. The third-order valence-electron chi connectivity index (χ3n) is 4.31. The van der Waals surface area contributed by atoms with E-state index in [0.29, 0.717) is 6.42 Å². The van der Waals surface area contributed by atoms with Crippen LogP contribution in [0.25, 0.3) is 0 Å². The van der Waals surface area contributed by atoms with E-state index in [2.05, 4.69) is 46.4 Å². The van der Waals surface area contributed by atoms with Gasteiger partial charge in [0.15, 0.2) is 0 Å². The van der Waals surface area contributed by atoms with Crippen molar-refractivity contribution in [2.75, 3.05) is 43.7 Å². The van der Waals surface area contributed by atoms with Crippen LogP contribution < -0.4 is 10.7 Å². The first kappa shape index (κ1) is 16.8. The van der Waals surface area contributed by atoms with Gasteiger partial charge in [-0.2, -0.15) is 0 Å². The van der Waals surface area contributed by atoms with Gasteiger partial charge in [0, 0.05) is 25.4 Å². The summed E-state index contributed by atoms with van der Waals surface area (Å²) >= 11 is 0. The average molecular weight is 327 g/mol. The molecule has 1 aliphatic heterocycles. The van der Waals surface area contributed by atoms with Gasteiger partial charge < -0.3 is 20.6 Å². The van der Waals surface area contributed by atoms with Crippen LogP contribution in [0.4, 0.5) is 11.4 Å². The van der Waals surface area contributed by atoms with E-state index in [1.807, 2.05) is 12.1 Å². The maximum Gasteiger partial charge on any atom is 0.0612 e. The van der Waals surface area contributed by atoms with Gasteiger partial charge in [-0.15, -0.1) is 0 Å². The number of nitrogens with zero attached hydrogens (tertiary/aromatic N) is 2. The van der Waals surface area contributed by atoms with E-state index < -0.39 is 0 Å². The molecule has 2 aromatic carbocycles. The summed E-state index contributed by atoms with van der Waals surface area (Å²) in [6.07, 6.45) is 0.571. The predicted octanol–water partition coefficient (Wildman–Crippen LogP) is 2.06. The zero-order chi connectivity index (χ0) is 16.8. The van der Waals surface area contributed by atoms with Gasteiger partial charge in [0.1, 0.15) is 0 Å². The lowest BCUT2D eigenvalue weighted by molar-refractivity contribution is 0.0307. The van der Waals surface area contributed by atoms with Crippen molar-refractivity contribution in [3.8, 4) is 0 Å². The normalized spacial score (nSPS) is 15.4. The Morgan fingerprint density at radius 3 is 2.54 bits per heavy atom. The third kappa shape index (κ3) is 4.06. The molecule has 0 amide bonds. The number of morpholine rings is 1. The summed E-state index contributed by atoms with van der Waals surface area (Å²) in [5, 5.41) is 13.9. The van der Waals surface area contributed by atoms with Crippen molar-refractivity contribution in [1.82, 2.24) is 5.01 Å². The molecule has 0 saturated carbocycles. The molecule has 0 atom stereocenters. The smallest absolute Gasteiger partial charge is 0.0612 e. The van der Waals surface area contributed by atoms with E-state index in [1.165, 1.54) is 5.56 Å². The molecule has 1 aliphatic rings. The molecule has 0 aromatic heterocycles. The van der Waals surface area contributed by atoms with Crippen molar-refractivity contribution in [1.29, 1.82) is 0 Å². The zero-order valence-corrected chi connectivity index (χ0v) is 13.9. The van der Waals surface area contributed by atoms with Crippen LogP contribution in [0.3, 0.4) is 0 Å². The van der Waals surface area contributed by atoms with Crippen LogP contribution in [0.1, 0.15) is 11.1 Å². The highest BCUT2D eigenvalue weighted by atomic mass is 16.5. The second-order valence-electron chi connectivity index (χ2n) is 5.97. The molecule has 0 unspecified atom stereocenters. The maximum atomic E-state index is 9.26. The summed E-state index contributed by atoms with van der Waals surface area (Å²) < 4.78 is 5.50. The van der Waals surface area contributed by atoms with Crippen LogP contribution in [0.15, 0.2) is 48.5 Å². The van der Waals surface area contributed by atoms with Gasteiger partial charge in [0.2, 0.25) is 0 Å². The molecule has 0 aliphatic carbocycles. The fourth-order valence-corrected chi connectivity index (χ4v) is 3.00. The molecule has 24 heavy (non-hydrogen) atoms. The first-order chi connectivity index (χ1) is 11.8. The fraction of sp³-hybridized carbons (Fsp3) is 0.368. The topological polar surface area (TPSA) is 62.0 Å². The van der Waals surface area contributed by atoms with Crippen molar-refractivity contribution in [2.24, 2.45) is 0 Å². The highest BCUT2D eigenvalue weighted by Gasteiger charge is 2.20. The number of hydrogen-bond acceptors (Lipinski definition) is 5. The molecule has 1 fully saturated rings. The molecule has 0 spiro atoms. The Labute approximate surface area is 143 Å². The quantitative estimate of drug-likeness (QED) is 0.795. The van der Waals surface area contributed by atoms with Gasteiger partial charge in [0.25, 0.3) is 0 Å². The van der Waals surface area contributed by atoms with Crippen LogP contribution in [0.2, 0.25) is 0 Å². The number of anilines is 2. The Hall–Kier alpha value is -2.08. The first-order valence-corrected chi connectivity index (χ1v) is 8.41. The van der Waals surface area contributed by atoms with Crippen molar-refractivity contribution in [3.05, 3.63) is 59.7 Å². The van der Waals surface area contributed by atoms with E-state index in [-0.39, 0.29) is 6.61 Å². The monoisotopic (exact) mass is 327 g/mol. The molecule has 3 N–H and O–H groups in total. The lowest BCUT2D eigenvalue weighted by atomic mass is 10.1. The minimum absolute atomic E-state index is 0.101. The van der Waals surface area contributed by atoms with Crippen molar-refractivity contribution in [2.45, 2.75) is 13.0 Å². The number of aliphatic hydroxyl groups is 1. The highest BCUT2D eigenvalue weighted by molar-refractivity contribution is 5.58. The first-order valence-electron chi connectivity index (χ1n) is 8.41. The van der Waals surface area contributed by atoms with Crippen LogP contribution in [0.5, 0.6) is 0 Å². The third-order valence-corrected chi connectivity index (χ3v) is 4.31. The number of rotatable bonds is 6. The van der Waals surface area contributed by atoms with Gasteiger partial charge in [-0.05, 0) is 35.7 Å². The van der Waals surface area contributed by atoms with Crippen LogP contribution >= 0.6 is 0 Å². The van der Waals surface area contributed by atoms with Gasteiger partial charge in [-0.25, -0.2) is 5.01 Å². The number of nitrogen functional groups attached to an aromatic ring is 1. The van der Waals surface area contributed by atoms with E-state index in [9.17, 15) is 5.11 Å². The van der Waals surface area contributed by atoms with E-state index in [0.717, 1.165) is 49.8 Å². The molecular weight excluding hydrogens is 302 g/mol. The van der Waals surface area contributed by atoms with Crippen LogP contribution in [-0.2, 0) is 17.7 Å². The molecule has 128 valence electrons. The molecule has 0 radical (unpaired) electrons. The van der Waals surface area contributed by atoms with Crippen LogP contribution in [-0.4, -0.2) is 43.0 Å². The summed E-state index contributed by atoms with van der Waals surface area (Å²) in [5.74, 6) is 0. The van der Waals surface area contributed by atoms with Crippen molar-refractivity contribution < 1.29 is 9.84 Å². The minimum Gasteiger partial charge on any atom is -0.399 e. The number of aliphatic hydroxyl groups excluding tert-OH is 1. The average Bonchev–Trinajstić information content (AvgIpc) is 2.63. The Kier molecular flexibility index (Phi) is 5.69. The molecule has 3 rings (SSSR count). The zero-order valence-electron chi connectivity index (χ0n) is 13.9.